The Kier molecular flexibility index (Phi) is 3.43. The van der Waals surface area contributed by atoms with Gasteiger partial charge in [0.25, 0.3) is 0 Å². The zero-order valence-electron chi connectivity index (χ0n) is 11.5. The van der Waals surface area contributed by atoms with Gasteiger partial charge in [-0.3, -0.25) is 0 Å². The summed E-state index contributed by atoms with van der Waals surface area (Å²) in [5.74, 6) is 1.06. The quantitative estimate of drug-likeness (QED) is 0.752. The molecule has 3 rings (SSSR count). The number of benzene rings is 1. The second kappa shape index (κ2) is 5.05. The summed E-state index contributed by atoms with van der Waals surface area (Å²) in [6, 6.07) is 11.5. The monoisotopic (exact) mass is 243 g/mol. The number of hydrogen-bond donors (Lipinski definition) is 1. The Morgan fingerprint density at radius 3 is 2.50 bits per heavy atom. The predicted molar refractivity (Wildman–Crippen MR) is 76.5 cm³/mol. The van der Waals surface area contributed by atoms with Crippen LogP contribution in [0.3, 0.4) is 0 Å². The summed E-state index contributed by atoms with van der Waals surface area (Å²) >= 11 is 0. The van der Waals surface area contributed by atoms with Crippen LogP contribution in [0.2, 0.25) is 0 Å². The van der Waals surface area contributed by atoms with Crippen molar-refractivity contribution < 1.29 is 0 Å². The molecule has 0 saturated heterocycles. The van der Waals surface area contributed by atoms with Gasteiger partial charge in [-0.25, -0.2) is 0 Å². The fraction of sp³-hybridized carbons (Fsp3) is 0.647. The summed E-state index contributed by atoms with van der Waals surface area (Å²) in [6.45, 7) is 3.53. The second-order valence-electron chi connectivity index (χ2n) is 6.27. The Morgan fingerprint density at radius 2 is 1.94 bits per heavy atom. The number of nitrogens with one attached hydrogen (secondary N) is 1. The van der Waals surface area contributed by atoms with Crippen molar-refractivity contribution >= 4 is 0 Å². The van der Waals surface area contributed by atoms with Gasteiger partial charge in [0.1, 0.15) is 0 Å². The number of rotatable bonds is 7. The molecule has 2 aliphatic rings. The van der Waals surface area contributed by atoms with Crippen LogP contribution in [-0.2, 0) is 0 Å². The molecule has 18 heavy (non-hydrogen) atoms. The molecule has 1 N–H and O–H groups in total. The molecule has 0 bridgehead atoms. The zero-order valence-corrected chi connectivity index (χ0v) is 11.5. The molecule has 0 aromatic heterocycles. The second-order valence-corrected chi connectivity index (χ2v) is 6.27. The molecular weight excluding hydrogens is 218 g/mol. The van der Waals surface area contributed by atoms with Gasteiger partial charge >= 0.3 is 0 Å². The lowest BCUT2D eigenvalue weighted by atomic mass is 9.97. The van der Waals surface area contributed by atoms with Crippen LogP contribution in [0.25, 0.3) is 0 Å². The van der Waals surface area contributed by atoms with Crippen LogP contribution in [-0.4, -0.2) is 6.54 Å². The minimum atomic E-state index is 0.562. The van der Waals surface area contributed by atoms with Gasteiger partial charge in [-0.2, -0.15) is 0 Å². The lowest BCUT2D eigenvalue weighted by Gasteiger charge is -2.23. The predicted octanol–water partition coefficient (Wildman–Crippen LogP) is 4.31. The van der Waals surface area contributed by atoms with Gasteiger partial charge in [0.2, 0.25) is 0 Å². The Hall–Kier alpha value is -0.820. The van der Waals surface area contributed by atoms with E-state index in [2.05, 4.69) is 42.6 Å². The van der Waals surface area contributed by atoms with Crippen molar-refractivity contribution in [1.82, 2.24) is 5.32 Å². The average Bonchev–Trinajstić information content (AvgIpc) is 3.28. The van der Waals surface area contributed by atoms with Crippen LogP contribution < -0.4 is 5.32 Å². The Balaban J connectivity index is 1.60. The van der Waals surface area contributed by atoms with Gasteiger partial charge in [0, 0.05) is 12.6 Å². The topological polar surface area (TPSA) is 12.0 Å². The van der Waals surface area contributed by atoms with Gasteiger partial charge < -0.3 is 5.32 Å². The summed E-state index contributed by atoms with van der Waals surface area (Å²) in [7, 11) is 0. The molecular formula is C17H25N. The highest BCUT2D eigenvalue weighted by atomic mass is 14.9. The molecule has 1 nitrogen and oxygen atoms in total. The molecule has 1 unspecified atom stereocenters. The maximum absolute atomic E-state index is 3.86. The van der Waals surface area contributed by atoms with Crippen molar-refractivity contribution in [1.29, 1.82) is 0 Å². The van der Waals surface area contributed by atoms with Crippen molar-refractivity contribution in [2.24, 2.45) is 11.3 Å². The van der Waals surface area contributed by atoms with E-state index in [-0.39, 0.29) is 0 Å². The summed E-state index contributed by atoms with van der Waals surface area (Å²) in [5, 5.41) is 3.86. The van der Waals surface area contributed by atoms with Crippen LogP contribution in [0.15, 0.2) is 30.3 Å². The molecule has 0 heterocycles. The Labute approximate surface area is 111 Å². The van der Waals surface area contributed by atoms with Gasteiger partial charge in [-0.15, -0.1) is 0 Å². The zero-order chi connectivity index (χ0) is 12.4. The van der Waals surface area contributed by atoms with E-state index >= 15 is 0 Å². The SMILES string of the molecule is CCCC(NCC1(C2CC2)CC1)c1ccccc1. The summed E-state index contributed by atoms with van der Waals surface area (Å²) in [4.78, 5) is 0. The third kappa shape index (κ3) is 2.61. The molecule has 0 amide bonds. The molecule has 2 saturated carbocycles. The normalized spacial score (nSPS) is 22.7. The summed E-state index contributed by atoms with van der Waals surface area (Å²) < 4.78 is 0. The Morgan fingerprint density at radius 1 is 1.22 bits per heavy atom. The maximum Gasteiger partial charge on any atom is 0.0320 e. The standard InChI is InChI=1S/C17H25N/c1-2-6-16(14-7-4-3-5-8-14)18-13-17(11-12-17)15-9-10-15/h3-5,7-8,15-16,18H,2,6,9-13H2,1H3. The van der Waals surface area contributed by atoms with Gasteiger partial charge in [-0.1, -0.05) is 43.7 Å². The summed E-state index contributed by atoms with van der Waals surface area (Å²) in [5.41, 5.74) is 2.17. The van der Waals surface area contributed by atoms with Gasteiger partial charge in [0.05, 0.1) is 0 Å². The van der Waals surface area contributed by atoms with Crippen molar-refractivity contribution in [2.45, 2.75) is 51.5 Å². The first-order valence-electron chi connectivity index (χ1n) is 7.62. The minimum Gasteiger partial charge on any atom is -0.309 e. The van der Waals surface area contributed by atoms with E-state index < -0.39 is 0 Å². The van der Waals surface area contributed by atoms with Crippen molar-refractivity contribution in [3.05, 3.63) is 35.9 Å². The first-order valence-corrected chi connectivity index (χ1v) is 7.62. The molecule has 1 heteroatoms. The van der Waals surface area contributed by atoms with Crippen LogP contribution in [0, 0.1) is 11.3 Å². The third-order valence-corrected chi connectivity index (χ3v) is 4.82. The van der Waals surface area contributed by atoms with Crippen molar-refractivity contribution in [3.63, 3.8) is 0 Å². The Bertz CT molecular complexity index is 376. The highest BCUT2D eigenvalue weighted by Crippen LogP contribution is 2.61. The molecule has 1 atom stereocenters. The molecule has 2 fully saturated rings. The molecule has 2 aliphatic carbocycles. The van der Waals surface area contributed by atoms with E-state index in [0.717, 1.165) is 5.92 Å². The van der Waals surface area contributed by atoms with E-state index in [1.807, 2.05) is 0 Å². The van der Waals surface area contributed by atoms with E-state index in [1.54, 1.807) is 0 Å². The molecule has 1 aromatic rings. The lowest BCUT2D eigenvalue weighted by Crippen LogP contribution is -2.29. The first kappa shape index (κ1) is 12.2. The summed E-state index contributed by atoms with van der Waals surface area (Å²) in [6.07, 6.45) is 8.43. The molecule has 0 aliphatic heterocycles. The van der Waals surface area contributed by atoms with Crippen LogP contribution >= 0.6 is 0 Å². The largest absolute Gasteiger partial charge is 0.309 e. The fourth-order valence-electron chi connectivity index (χ4n) is 3.27. The van der Waals surface area contributed by atoms with Gasteiger partial charge in [0.15, 0.2) is 0 Å². The third-order valence-electron chi connectivity index (χ3n) is 4.82. The number of hydrogen-bond acceptors (Lipinski definition) is 1. The smallest absolute Gasteiger partial charge is 0.0320 e. The highest BCUT2D eigenvalue weighted by molar-refractivity contribution is 5.19. The van der Waals surface area contributed by atoms with Gasteiger partial charge in [-0.05, 0) is 49.0 Å². The van der Waals surface area contributed by atoms with Crippen molar-refractivity contribution in [2.75, 3.05) is 6.54 Å². The minimum absolute atomic E-state index is 0.562. The van der Waals surface area contributed by atoms with E-state index in [1.165, 1.54) is 50.6 Å². The van der Waals surface area contributed by atoms with E-state index in [9.17, 15) is 0 Å². The molecule has 98 valence electrons. The van der Waals surface area contributed by atoms with Crippen LogP contribution in [0.5, 0.6) is 0 Å². The molecule has 0 radical (unpaired) electrons. The lowest BCUT2D eigenvalue weighted by molar-refractivity contribution is 0.364. The van der Waals surface area contributed by atoms with Crippen molar-refractivity contribution in [3.8, 4) is 0 Å². The van der Waals surface area contributed by atoms with Crippen LogP contribution in [0.4, 0.5) is 0 Å². The average molecular weight is 243 g/mol. The molecule has 0 spiro atoms. The maximum atomic E-state index is 3.86. The fourth-order valence-corrected chi connectivity index (χ4v) is 3.27. The highest BCUT2D eigenvalue weighted by Gasteiger charge is 2.53. The molecule has 1 aromatic carbocycles. The van der Waals surface area contributed by atoms with E-state index in [0.29, 0.717) is 11.5 Å². The first-order chi connectivity index (χ1) is 8.84. The van der Waals surface area contributed by atoms with E-state index in [4.69, 9.17) is 0 Å². The van der Waals surface area contributed by atoms with Crippen LogP contribution in [0.1, 0.15) is 57.1 Å².